The van der Waals surface area contributed by atoms with Crippen LogP contribution in [0.3, 0.4) is 0 Å². The SMILES string of the molecule is O=c1ccc2ccccc2n1CCNCC1CCOC1. The van der Waals surface area contributed by atoms with Crippen molar-refractivity contribution >= 4 is 10.9 Å². The second-order valence-electron chi connectivity index (χ2n) is 5.32. The van der Waals surface area contributed by atoms with Crippen molar-refractivity contribution in [3.63, 3.8) is 0 Å². The highest BCUT2D eigenvalue weighted by atomic mass is 16.5. The Labute approximate surface area is 118 Å². The number of hydrogen-bond donors (Lipinski definition) is 1. The maximum absolute atomic E-state index is 12.0. The van der Waals surface area contributed by atoms with E-state index in [0.29, 0.717) is 12.5 Å². The molecule has 1 saturated heterocycles. The quantitative estimate of drug-likeness (QED) is 0.841. The zero-order valence-electron chi connectivity index (χ0n) is 11.5. The summed E-state index contributed by atoms with van der Waals surface area (Å²) in [6, 6.07) is 11.5. The van der Waals surface area contributed by atoms with E-state index in [1.165, 1.54) is 0 Å². The third kappa shape index (κ3) is 2.92. The molecule has 2 heterocycles. The number of rotatable bonds is 5. The van der Waals surface area contributed by atoms with Gasteiger partial charge < -0.3 is 14.6 Å². The van der Waals surface area contributed by atoms with Crippen LogP contribution in [-0.2, 0) is 11.3 Å². The minimum atomic E-state index is 0.0645. The summed E-state index contributed by atoms with van der Waals surface area (Å²) in [4.78, 5) is 12.0. The summed E-state index contributed by atoms with van der Waals surface area (Å²) < 4.78 is 7.19. The van der Waals surface area contributed by atoms with Gasteiger partial charge in [-0.15, -0.1) is 0 Å². The maximum Gasteiger partial charge on any atom is 0.251 e. The number of pyridine rings is 1. The van der Waals surface area contributed by atoms with Gasteiger partial charge in [0.25, 0.3) is 5.56 Å². The first kappa shape index (κ1) is 13.3. The number of nitrogens with one attached hydrogen (secondary N) is 1. The fourth-order valence-electron chi connectivity index (χ4n) is 2.72. The minimum Gasteiger partial charge on any atom is -0.381 e. The van der Waals surface area contributed by atoms with Crippen molar-refractivity contribution in [1.82, 2.24) is 9.88 Å². The van der Waals surface area contributed by atoms with Crippen molar-refractivity contribution in [3.05, 3.63) is 46.8 Å². The molecule has 106 valence electrons. The molecular formula is C16H20N2O2. The molecule has 3 rings (SSSR count). The lowest BCUT2D eigenvalue weighted by molar-refractivity contribution is 0.185. The first-order chi connectivity index (χ1) is 9.84. The summed E-state index contributed by atoms with van der Waals surface area (Å²) in [5.41, 5.74) is 1.07. The van der Waals surface area contributed by atoms with Crippen molar-refractivity contribution in [2.75, 3.05) is 26.3 Å². The van der Waals surface area contributed by atoms with Gasteiger partial charge in [0, 0.05) is 32.3 Å². The maximum atomic E-state index is 12.0. The van der Waals surface area contributed by atoms with E-state index in [4.69, 9.17) is 4.74 Å². The van der Waals surface area contributed by atoms with Gasteiger partial charge in [-0.1, -0.05) is 18.2 Å². The van der Waals surface area contributed by atoms with Crippen LogP contribution in [0.1, 0.15) is 6.42 Å². The van der Waals surface area contributed by atoms with Crippen molar-refractivity contribution in [2.24, 2.45) is 5.92 Å². The topological polar surface area (TPSA) is 43.3 Å². The van der Waals surface area contributed by atoms with Gasteiger partial charge in [-0.3, -0.25) is 4.79 Å². The molecule has 1 aliphatic rings. The van der Waals surface area contributed by atoms with Crippen LogP contribution in [0, 0.1) is 5.92 Å². The van der Waals surface area contributed by atoms with Crippen molar-refractivity contribution in [3.8, 4) is 0 Å². The van der Waals surface area contributed by atoms with Gasteiger partial charge in [-0.05, 0) is 29.9 Å². The number of fused-ring (bicyclic) bond motifs is 1. The first-order valence-electron chi connectivity index (χ1n) is 7.21. The highest BCUT2D eigenvalue weighted by molar-refractivity contribution is 5.78. The zero-order valence-corrected chi connectivity index (χ0v) is 11.5. The Morgan fingerprint density at radius 1 is 1.25 bits per heavy atom. The van der Waals surface area contributed by atoms with Gasteiger partial charge in [0.1, 0.15) is 0 Å². The summed E-state index contributed by atoms with van der Waals surface area (Å²) in [5, 5.41) is 4.54. The molecule has 0 saturated carbocycles. The second-order valence-corrected chi connectivity index (χ2v) is 5.32. The largest absolute Gasteiger partial charge is 0.381 e. The van der Waals surface area contributed by atoms with Crippen LogP contribution in [0.15, 0.2) is 41.2 Å². The summed E-state index contributed by atoms with van der Waals surface area (Å²) in [5.74, 6) is 0.624. The molecular weight excluding hydrogens is 252 g/mol. The van der Waals surface area contributed by atoms with Crippen LogP contribution in [0.2, 0.25) is 0 Å². The number of para-hydroxylation sites is 1. The molecule has 1 aromatic heterocycles. The Hall–Kier alpha value is -1.65. The monoisotopic (exact) mass is 272 g/mol. The van der Waals surface area contributed by atoms with Gasteiger partial charge in [-0.2, -0.15) is 0 Å². The smallest absolute Gasteiger partial charge is 0.251 e. The van der Waals surface area contributed by atoms with E-state index in [1.54, 1.807) is 6.07 Å². The first-order valence-corrected chi connectivity index (χ1v) is 7.21. The fraction of sp³-hybridized carbons (Fsp3) is 0.438. The molecule has 1 atom stereocenters. The molecule has 1 fully saturated rings. The Balaban J connectivity index is 1.64. The molecule has 1 N–H and O–H groups in total. The Morgan fingerprint density at radius 3 is 3.00 bits per heavy atom. The summed E-state index contributed by atoms with van der Waals surface area (Å²) >= 11 is 0. The lowest BCUT2D eigenvalue weighted by Crippen LogP contribution is -2.30. The molecule has 2 aromatic rings. The molecule has 0 radical (unpaired) electrons. The van der Waals surface area contributed by atoms with Crippen LogP contribution < -0.4 is 10.9 Å². The third-order valence-electron chi connectivity index (χ3n) is 3.87. The lowest BCUT2D eigenvalue weighted by Gasteiger charge is -2.12. The minimum absolute atomic E-state index is 0.0645. The number of ether oxygens (including phenoxy) is 1. The van der Waals surface area contributed by atoms with Crippen molar-refractivity contribution in [2.45, 2.75) is 13.0 Å². The van der Waals surface area contributed by atoms with Crippen LogP contribution >= 0.6 is 0 Å². The van der Waals surface area contributed by atoms with E-state index >= 15 is 0 Å². The predicted molar refractivity (Wildman–Crippen MR) is 80.0 cm³/mol. The lowest BCUT2D eigenvalue weighted by atomic mass is 10.1. The van der Waals surface area contributed by atoms with E-state index < -0.39 is 0 Å². The highest BCUT2D eigenvalue weighted by Crippen LogP contribution is 2.11. The molecule has 4 nitrogen and oxygen atoms in total. The van der Waals surface area contributed by atoms with E-state index in [2.05, 4.69) is 5.32 Å². The average Bonchev–Trinajstić information content (AvgIpc) is 2.98. The van der Waals surface area contributed by atoms with Crippen molar-refractivity contribution < 1.29 is 4.74 Å². The van der Waals surface area contributed by atoms with Crippen molar-refractivity contribution in [1.29, 1.82) is 0 Å². The van der Waals surface area contributed by atoms with Crippen LogP contribution in [0.5, 0.6) is 0 Å². The van der Waals surface area contributed by atoms with Gasteiger partial charge in [0.15, 0.2) is 0 Å². The average molecular weight is 272 g/mol. The molecule has 4 heteroatoms. The molecule has 20 heavy (non-hydrogen) atoms. The standard InChI is InChI=1S/C16H20N2O2/c19-16-6-5-14-3-1-2-4-15(14)18(16)9-8-17-11-13-7-10-20-12-13/h1-6,13,17H,7-12H2. The number of nitrogens with zero attached hydrogens (tertiary/aromatic N) is 1. The van der Waals surface area contributed by atoms with Gasteiger partial charge in [0.05, 0.1) is 12.1 Å². The fourth-order valence-corrected chi connectivity index (χ4v) is 2.72. The van der Waals surface area contributed by atoms with Gasteiger partial charge >= 0.3 is 0 Å². The molecule has 0 spiro atoms. The molecule has 0 aliphatic carbocycles. The number of benzene rings is 1. The molecule has 1 aromatic carbocycles. The second kappa shape index (κ2) is 6.20. The van der Waals surface area contributed by atoms with Crippen LogP contribution in [0.4, 0.5) is 0 Å². The normalized spacial score (nSPS) is 18.7. The third-order valence-corrected chi connectivity index (χ3v) is 3.87. The predicted octanol–water partition coefficient (Wildman–Crippen LogP) is 1.63. The van der Waals surface area contributed by atoms with E-state index in [-0.39, 0.29) is 5.56 Å². The Kier molecular flexibility index (Phi) is 4.14. The van der Waals surface area contributed by atoms with Gasteiger partial charge in [-0.25, -0.2) is 0 Å². The van der Waals surface area contributed by atoms with Crippen LogP contribution in [-0.4, -0.2) is 30.9 Å². The molecule has 0 bridgehead atoms. The Bertz CT molecular complexity index is 630. The molecule has 0 amide bonds. The van der Waals surface area contributed by atoms with E-state index in [9.17, 15) is 4.79 Å². The van der Waals surface area contributed by atoms with E-state index in [0.717, 1.165) is 43.6 Å². The highest BCUT2D eigenvalue weighted by Gasteiger charge is 2.14. The molecule has 1 aliphatic heterocycles. The molecule has 1 unspecified atom stereocenters. The Morgan fingerprint density at radius 2 is 2.15 bits per heavy atom. The number of hydrogen-bond acceptors (Lipinski definition) is 3. The van der Waals surface area contributed by atoms with Gasteiger partial charge in [0.2, 0.25) is 0 Å². The number of aromatic nitrogens is 1. The summed E-state index contributed by atoms with van der Waals surface area (Å²) in [7, 11) is 0. The summed E-state index contributed by atoms with van der Waals surface area (Å²) in [6.45, 7) is 4.23. The van der Waals surface area contributed by atoms with E-state index in [1.807, 2.05) is 34.9 Å². The van der Waals surface area contributed by atoms with Crippen LogP contribution in [0.25, 0.3) is 10.9 Å². The zero-order chi connectivity index (χ0) is 13.8. The summed E-state index contributed by atoms with van der Waals surface area (Å²) in [6.07, 6.45) is 1.14.